The van der Waals surface area contributed by atoms with E-state index in [9.17, 15) is 8.42 Å². The molecular weight excluding hydrogens is 354 g/mol. The number of H-pyrrole nitrogens is 1. The molecule has 2 aromatic rings. The van der Waals surface area contributed by atoms with E-state index in [1.54, 1.807) is 6.33 Å². The first-order valence-electron chi connectivity index (χ1n) is 8.58. The van der Waals surface area contributed by atoms with Gasteiger partial charge < -0.3 is 9.88 Å². The molecule has 2 unspecified atom stereocenters. The van der Waals surface area contributed by atoms with Gasteiger partial charge in [0.2, 0.25) is 0 Å². The zero-order chi connectivity index (χ0) is 18.4. The Kier molecular flexibility index (Phi) is 4.10. The van der Waals surface area contributed by atoms with Crippen LogP contribution in [0.4, 0.5) is 5.82 Å². The second-order valence-electron chi connectivity index (χ2n) is 7.28. The SMILES string of the molecule is CC12CN(c3ncnc4[nH]ccc34)CCC1CN(S(=O)(=O)NCC#N)C2. The molecule has 26 heavy (non-hydrogen) atoms. The molecule has 0 aliphatic carbocycles. The third-order valence-corrected chi connectivity index (χ3v) is 7.02. The van der Waals surface area contributed by atoms with Crippen molar-refractivity contribution in [3.8, 4) is 6.07 Å². The molecule has 2 N–H and O–H groups in total. The molecule has 2 atom stereocenters. The zero-order valence-corrected chi connectivity index (χ0v) is 15.3. The maximum Gasteiger partial charge on any atom is 0.280 e. The number of nitrogens with zero attached hydrogens (tertiary/aromatic N) is 5. The lowest BCUT2D eigenvalue weighted by Crippen LogP contribution is -2.47. The number of fused-ring (bicyclic) bond motifs is 2. The summed E-state index contributed by atoms with van der Waals surface area (Å²) in [6.07, 6.45) is 4.30. The summed E-state index contributed by atoms with van der Waals surface area (Å²) in [4.78, 5) is 14.0. The number of piperidine rings is 1. The van der Waals surface area contributed by atoms with Gasteiger partial charge in [0.25, 0.3) is 10.2 Å². The minimum atomic E-state index is -3.61. The van der Waals surface area contributed by atoms with Crippen LogP contribution in [0.1, 0.15) is 13.3 Å². The topological polar surface area (TPSA) is 118 Å². The van der Waals surface area contributed by atoms with Gasteiger partial charge in [-0.15, -0.1) is 0 Å². The van der Waals surface area contributed by atoms with Gasteiger partial charge in [-0.05, 0) is 18.4 Å². The Balaban J connectivity index is 1.57. The average Bonchev–Trinajstić information content (AvgIpc) is 3.23. The van der Waals surface area contributed by atoms with Crippen LogP contribution in [0.3, 0.4) is 0 Å². The third-order valence-electron chi connectivity index (χ3n) is 5.55. The monoisotopic (exact) mass is 375 g/mol. The quantitative estimate of drug-likeness (QED) is 0.750. The first-order chi connectivity index (χ1) is 12.4. The van der Waals surface area contributed by atoms with E-state index in [0.29, 0.717) is 19.0 Å². The summed E-state index contributed by atoms with van der Waals surface area (Å²) in [5.41, 5.74) is 0.645. The Morgan fingerprint density at radius 3 is 3.12 bits per heavy atom. The van der Waals surface area contributed by atoms with E-state index < -0.39 is 10.2 Å². The third kappa shape index (κ3) is 2.82. The van der Waals surface area contributed by atoms with E-state index in [4.69, 9.17) is 5.26 Å². The Morgan fingerprint density at radius 2 is 2.31 bits per heavy atom. The molecule has 4 rings (SSSR count). The van der Waals surface area contributed by atoms with Gasteiger partial charge in [0.05, 0.1) is 18.0 Å². The molecule has 0 radical (unpaired) electrons. The summed E-state index contributed by atoms with van der Waals surface area (Å²) in [7, 11) is -3.61. The van der Waals surface area contributed by atoms with Crippen molar-refractivity contribution in [2.75, 3.05) is 37.6 Å². The zero-order valence-electron chi connectivity index (χ0n) is 14.5. The van der Waals surface area contributed by atoms with Crippen LogP contribution < -0.4 is 9.62 Å². The van der Waals surface area contributed by atoms with Crippen molar-refractivity contribution in [1.82, 2.24) is 24.0 Å². The van der Waals surface area contributed by atoms with Gasteiger partial charge in [-0.2, -0.15) is 22.7 Å². The molecule has 2 aliphatic heterocycles. The highest BCUT2D eigenvalue weighted by Gasteiger charge is 2.49. The van der Waals surface area contributed by atoms with Crippen LogP contribution in [0.2, 0.25) is 0 Å². The summed E-state index contributed by atoms with van der Waals surface area (Å²) < 4.78 is 28.6. The molecule has 10 heteroatoms. The number of hydrogen-bond donors (Lipinski definition) is 2. The molecule has 0 spiro atoms. The van der Waals surface area contributed by atoms with Crippen molar-refractivity contribution >= 4 is 27.1 Å². The molecule has 2 aromatic heterocycles. The van der Waals surface area contributed by atoms with E-state index in [1.165, 1.54) is 4.31 Å². The predicted octanol–water partition coefficient (Wildman–Crippen LogP) is 0.464. The molecule has 9 nitrogen and oxygen atoms in total. The molecular formula is C16H21N7O2S. The summed E-state index contributed by atoms with van der Waals surface area (Å²) in [6, 6.07) is 3.79. The van der Waals surface area contributed by atoms with E-state index >= 15 is 0 Å². The standard InChI is InChI=1S/C16H21N7O2S/c1-16-9-22(15-13-2-5-18-14(13)19-11-20-15)7-3-12(16)8-23(10-16)26(24,25)21-6-4-17/h2,5,11-12,21H,3,6-10H2,1H3,(H,18,19,20). The number of nitriles is 1. The fraction of sp³-hybridized carbons (Fsp3) is 0.562. The number of aromatic nitrogens is 3. The lowest BCUT2D eigenvalue weighted by atomic mass is 9.75. The van der Waals surface area contributed by atoms with E-state index in [0.717, 1.165) is 36.4 Å². The summed E-state index contributed by atoms with van der Waals surface area (Å²) in [5.74, 6) is 1.18. The van der Waals surface area contributed by atoms with Crippen molar-refractivity contribution in [1.29, 1.82) is 5.26 Å². The molecule has 0 aromatic carbocycles. The molecule has 2 aliphatic rings. The van der Waals surface area contributed by atoms with Gasteiger partial charge in [-0.25, -0.2) is 9.97 Å². The van der Waals surface area contributed by atoms with Crippen molar-refractivity contribution < 1.29 is 8.42 Å². The highest BCUT2D eigenvalue weighted by Crippen LogP contribution is 2.43. The Hall–Kier alpha value is -2.22. The summed E-state index contributed by atoms with van der Waals surface area (Å²) >= 11 is 0. The Bertz CT molecular complexity index is 966. The molecule has 138 valence electrons. The van der Waals surface area contributed by atoms with Crippen molar-refractivity contribution in [3.63, 3.8) is 0 Å². The number of hydrogen-bond acceptors (Lipinski definition) is 6. The van der Waals surface area contributed by atoms with Crippen molar-refractivity contribution in [3.05, 3.63) is 18.6 Å². The van der Waals surface area contributed by atoms with Crippen molar-refractivity contribution in [2.24, 2.45) is 11.3 Å². The fourth-order valence-electron chi connectivity index (χ4n) is 4.20. The lowest BCUT2D eigenvalue weighted by molar-refractivity contribution is 0.214. The molecule has 2 saturated heterocycles. The molecule has 4 heterocycles. The first-order valence-corrected chi connectivity index (χ1v) is 10.0. The van der Waals surface area contributed by atoms with Gasteiger partial charge in [0.15, 0.2) is 0 Å². The molecule has 2 fully saturated rings. The molecule has 0 amide bonds. The van der Waals surface area contributed by atoms with Crippen LogP contribution in [0, 0.1) is 22.7 Å². The largest absolute Gasteiger partial charge is 0.355 e. The lowest BCUT2D eigenvalue weighted by Gasteiger charge is -2.42. The van der Waals surface area contributed by atoms with Gasteiger partial charge in [0.1, 0.15) is 17.8 Å². The van der Waals surface area contributed by atoms with E-state index in [1.807, 2.05) is 18.3 Å². The summed E-state index contributed by atoms with van der Waals surface area (Å²) in [5, 5.41) is 9.62. The van der Waals surface area contributed by atoms with E-state index in [2.05, 4.69) is 31.5 Å². The minimum Gasteiger partial charge on any atom is -0.355 e. The van der Waals surface area contributed by atoms with Gasteiger partial charge in [-0.3, -0.25) is 0 Å². The van der Waals surface area contributed by atoms with Crippen LogP contribution >= 0.6 is 0 Å². The van der Waals surface area contributed by atoms with Gasteiger partial charge in [0, 0.05) is 37.8 Å². The van der Waals surface area contributed by atoms with Crippen LogP contribution in [0.15, 0.2) is 18.6 Å². The minimum absolute atomic E-state index is 0.160. The maximum atomic E-state index is 12.4. The maximum absolute atomic E-state index is 12.4. The number of rotatable bonds is 4. The van der Waals surface area contributed by atoms with Gasteiger partial charge in [-0.1, -0.05) is 6.92 Å². The second kappa shape index (κ2) is 6.19. The average molecular weight is 375 g/mol. The number of nitrogens with one attached hydrogen (secondary N) is 2. The number of anilines is 1. The van der Waals surface area contributed by atoms with E-state index in [-0.39, 0.29) is 12.0 Å². The van der Waals surface area contributed by atoms with Crippen LogP contribution in [-0.2, 0) is 10.2 Å². The Labute approximate surface area is 152 Å². The molecule has 0 bridgehead atoms. The smallest absolute Gasteiger partial charge is 0.280 e. The highest BCUT2D eigenvalue weighted by molar-refractivity contribution is 7.87. The van der Waals surface area contributed by atoms with Gasteiger partial charge >= 0.3 is 0 Å². The Morgan fingerprint density at radius 1 is 1.46 bits per heavy atom. The molecule has 0 saturated carbocycles. The van der Waals surface area contributed by atoms with Crippen LogP contribution in [-0.4, -0.2) is 60.4 Å². The normalized spacial score (nSPS) is 26.8. The fourth-order valence-corrected chi connectivity index (χ4v) is 5.47. The first kappa shape index (κ1) is 17.2. The predicted molar refractivity (Wildman–Crippen MR) is 96.4 cm³/mol. The highest BCUT2D eigenvalue weighted by atomic mass is 32.2. The van der Waals surface area contributed by atoms with Crippen LogP contribution in [0.25, 0.3) is 11.0 Å². The van der Waals surface area contributed by atoms with Crippen molar-refractivity contribution in [2.45, 2.75) is 13.3 Å². The second-order valence-corrected chi connectivity index (χ2v) is 9.03. The number of aromatic amines is 1. The van der Waals surface area contributed by atoms with Crippen LogP contribution in [0.5, 0.6) is 0 Å². The summed E-state index contributed by atoms with van der Waals surface area (Å²) in [6.45, 7) is 4.43.